The van der Waals surface area contributed by atoms with Crippen LogP contribution in [0.15, 0.2) is 22.7 Å². The quantitative estimate of drug-likeness (QED) is 0.733. The third kappa shape index (κ3) is 5.47. The minimum Gasteiger partial charge on any atom is -0.480 e. The largest absolute Gasteiger partial charge is 0.480 e. The van der Waals surface area contributed by atoms with Gasteiger partial charge in [0.25, 0.3) is 0 Å². The Hall–Kier alpha value is -1.40. The number of hydrogen-bond acceptors (Lipinski definition) is 4. The molecule has 0 heterocycles. The third-order valence-corrected chi connectivity index (χ3v) is 3.76. The topological polar surface area (TPSA) is 75.6 Å². The Morgan fingerprint density at radius 2 is 2.05 bits per heavy atom. The minimum absolute atomic E-state index is 0.295. The number of carbonyl (C=O) groups excluding carboxylic acids is 1. The standard InChI is InChI=1S/C15H20BrNO4/c1-9(2)6-13(14(18)19)17-8-11-5-4-10(7-12(11)16)15(20)21-3/h4-5,7,9,13,17H,6,8H2,1-3H3,(H,18,19). The molecule has 1 rings (SSSR count). The molecule has 0 radical (unpaired) electrons. The van der Waals surface area contributed by atoms with E-state index < -0.39 is 18.0 Å². The van der Waals surface area contributed by atoms with Gasteiger partial charge in [0.1, 0.15) is 6.04 Å². The molecule has 21 heavy (non-hydrogen) atoms. The molecule has 5 nitrogen and oxygen atoms in total. The number of halogens is 1. The summed E-state index contributed by atoms with van der Waals surface area (Å²) in [6.07, 6.45) is 0.563. The molecule has 0 saturated carbocycles. The first-order valence-electron chi connectivity index (χ1n) is 6.68. The van der Waals surface area contributed by atoms with E-state index in [0.717, 1.165) is 10.0 Å². The Kier molecular flexibility index (Phi) is 6.84. The summed E-state index contributed by atoms with van der Waals surface area (Å²) in [7, 11) is 1.33. The van der Waals surface area contributed by atoms with Gasteiger partial charge in [-0.25, -0.2) is 4.79 Å². The monoisotopic (exact) mass is 357 g/mol. The van der Waals surface area contributed by atoms with Crippen LogP contribution in [0.25, 0.3) is 0 Å². The average Bonchev–Trinajstić information content (AvgIpc) is 2.42. The second-order valence-corrected chi connectivity index (χ2v) is 6.05. The number of hydrogen-bond donors (Lipinski definition) is 2. The Balaban J connectivity index is 2.74. The zero-order valence-corrected chi connectivity index (χ0v) is 13.9. The molecule has 0 aliphatic rings. The van der Waals surface area contributed by atoms with Crippen molar-refractivity contribution in [3.8, 4) is 0 Å². The maximum Gasteiger partial charge on any atom is 0.337 e. The normalized spacial score (nSPS) is 12.2. The van der Waals surface area contributed by atoms with Crippen LogP contribution in [0.1, 0.15) is 36.2 Å². The van der Waals surface area contributed by atoms with Crippen LogP contribution in [0.5, 0.6) is 0 Å². The Morgan fingerprint density at radius 3 is 2.52 bits per heavy atom. The van der Waals surface area contributed by atoms with Gasteiger partial charge in [-0.05, 0) is 30.0 Å². The summed E-state index contributed by atoms with van der Waals surface area (Å²) < 4.78 is 5.39. The lowest BCUT2D eigenvalue weighted by molar-refractivity contribution is -0.140. The van der Waals surface area contributed by atoms with Gasteiger partial charge < -0.3 is 15.2 Å². The number of carboxylic acids is 1. The van der Waals surface area contributed by atoms with Gasteiger partial charge in [-0.3, -0.25) is 4.79 Å². The van der Waals surface area contributed by atoms with Gasteiger partial charge in [-0.2, -0.15) is 0 Å². The first-order chi connectivity index (χ1) is 9.85. The second-order valence-electron chi connectivity index (χ2n) is 5.20. The number of carboxylic acid groups (broad SMARTS) is 1. The molecule has 0 spiro atoms. The van der Waals surface area contributed by atoms with E-state index in [1.54, 1.807) is 18.2 Å². The molecule has 0 saturated heterocycles. The van der Waals surface area contributed by atoms with Gasteiger partial charge in [0.2, 0.25) is 0 Å². The highest BCUT2D eigenvalue weighted by atomic mass is 79.9. The van der Waals surface area contributed by atoms with Crippen molar-refractivity contribution in [1.29, 1.82) is 0 Å². The van der Waals surface area contributed by atoms with Crippen LogP contribution in [-0.2, 0) is 16.1 Å². The third-order valence-electron chi connectivity index (χ3n) is 3.02. The van der Waals surface area contributed by atoms with Crippen molar-refractivity contribution in [3.63, 3.8) is 0 Å². The summed E-state index contributed by atoms with van der Waals surface area (Å²) in [6, 6.07) is 4.52. The number of carbonyl (C=O) groups is 2. The number of esters is 1. The van der Waals surface area contributed by atoms with Crippen molar-refractivity contribution in [2.45, 2.75) is 32.9 Å². The lowest BCUT2D eigenvalue weighted by Gasteiger charge is -2.17. The summed E-state index contributed by atoms with van der Waals surface area (Å²) in [4.78, 5) is 22.6. The number of nitrogens with one attached hydrogen (secondary N) is 1. The van der Waals surface area contributed by atoms with Crippen molar-refractivity contribution in [2.24, 2.45) is 5.92 Å². The van der Waals surface area contributed by atoms with Crippen LogP contribution >= 0.6 is 15.9 Å². The number of rotatable bonds is 7. The van der Waals surface area contributed by atoms with E-state index in [1.807, 2.05) is 13.8 Å². The fraction of sp³-hybridized carbons (Fsp3) is 0.467. The molecule has 1 aromatic carbocycles. The van der Waals surface area contributed by atoms with Crippen molar-refractivity contribution in [2.75, 3.05) is 7.11 Å². The second kappa shape index (κ2) is 8.14. The molecule has 116 valence electrons. The van der Waals surface area contributed by atoms with Crippen molar-refractivity contribution >= 4 is 27.9 Å². The van der Waals surface area contributed by atoms with E-state index in [4.69, 9.17) is 0 Å². The fourth-order valence-electron chi connectivity index (χ4n) is 1.91. The van der Waals surface area contributed by atoms with Gasteiger partial charge in [0.05, 0.1) is 12.7 Å². The van der Waals surface area contributed by atoms with Gasteiger partial charge in [-0.1, -0.05) is 35.8 Å². The highest BCUT2D eigenvalue weighted by Gasteiger charge is 2.18. The van der Waals surface area contributed by atoms with Crippen LogP contribution < -0.4 is 5.32 Å². The minimum atomic E-state index is -0.856. The van der Waals surface area contributed by atoms with Crippen LogP contribution in [-0.4, -0.2) is 30.2 Å². The number of ether oxygens (including phenoxy) is 1. The Labute approximate surface area is 132 Å². The number of methoxy groups -OCH3 is 1. The van der Waals surface area contributed by atoms with Gasteiger partial charge >= 0.3 is 11.9 Å². The highest BCUT2D eigenvalue weighted by molar-refractivity contribution is 9.10. The first-order valence-corrected chi connectivity index (χ1v) is 7.47. The van der Waals surface area contributed by atoms with Crippen molar-refractivity contribution in [1.82, 2.24) is 5.32 Å². The zero-order valence-electron chi connectivity index (χ0n) is 12.4. The summed E-state index contributed by atoms with van der Waals surface area (Å²) in [6.45, 7) is 4.38. The molecule has 1 unspecified atom stereocenters. The van der Waals surface area contributed by atoms with E-state index in [9.17, 15) is 14.7 Å². The van der Waals surface area contributed by atoms with Crippen LogP contribution in [0, 0.1) is 5.92 Å². The SMILES string of the molecule is COC(=O)c1ccc(CNC(CC(C)C)C(=O)O)c(Br)c1. The van der Waals surface area contributed by atoms with E-state index in [2.05, 4.69) is 26.0 Å². The summed E-state index contributed by atoms with van der Waals surface area (Å²) in [5.74, 6) is -0.965. The molecule has 0 aliphatic heterocycles. The molecular weight excluding hydrogens is 338 g/mol. The summed E-state index contributed by atoms with van der Waals surface area (Å²) in [5, 5.41) is 12.2. The predicted molar refractivity (Wildman–Crippen MR) is 83.2 cm³/mol. The molecule has 1 aromatic rings. The molecule has 0 bridgehead atoms. The predicted octanol–water partition coefficient (Wildman–Crippen LogP) is 2.82. The van der Waals surface area contributed by atoms with E-state index in [-0.39, 0.29) is 0 Å². The maximum atomic E-state index is 11.4. The molecule has 0 amide bonds. The van der Waals surface area contributed by atoms with Crippen molar-refractivity contribution < 1.29 is 19.4 Å². The molecule has 1 atom stereocenters. The average molecular weight is 358 g/mol. The summed E-state index contributed by atoms with van der Waals surface area (Å²) in [5.41, 5.74) is 1.34. The van der Waals surface area contributed by atoms with E-state index in [1.165, 1.54) is 7.11 Å². The number of aliphatic carboxylic acids is 1. The zero-order chi connectivity index (χ0) is 16.0. The summed E-state index contributed by atoms with van der Waals surface area (Å²) >= 11 is 3.39. The van der Waals surface area contributed by atoms with Gasteiger partial charge in [0.15, 0.2) is 0 Å². The first kappa shape index (κ1) is 17.7. The van der Waals surface area contributed by atoms with E-state index >= 15 is 0 Å². The van der Waals surface area contributed by atoms with Crippen molar-refractivity contribution in [3.05, 3.63) is 33.8 Å². The maximum absolute atomic E-state index is 11.4. The van der Waals surface area contributed by atoms with Gasteiger partial charge in [-0.15, -0.1) is 0 Å². The van der Waals surface area contributed by atoms with Gasteiger partial charge in [0, 0.05) is 11.0 Å². The van der Waals surface area contributed by atoms with Crippen LogP contribution in [0.4, 0.5) is 0 Å². The molecule has 0 fully saturated rings. The van der Waals surface area contributed by atoms with E-state index in [0.29, 0.717) is 24.4 Å². The smallest absolute Gasteiger partial charge is 0.337 e. The lowest BCUT2D eigenvalue weighted by atomic mass is 10.0. The molecule has 0 aliphatic carbocycles. The fourth-order valence-corrected chi connectivity index (χ4v) is 2.43. The molecule has 0 aromatic heterocycles. The lowest BCUT2D eigenvalue weighted by Crippen LogP contribution is -2.37. The number of benzene rings is 1. The highest BCUT2D eigenvalue weighted by Crippen LogP contribution is 2.19. The van der Waals surface area contributed by atoms with Crippen LogP contribution in [0.2, 0.25) is 0 Å². The molecular formula is C15H20BrNO4. The Morgan fingerprint density at radius 1 is 1.38 bits per heavy atom. The Bertz CT molecular complexity index is 516. The van der Waals surface area contributed by atoms with Crippen LogP contribution in [0.3, 0.4) is 0 Å². The molecule has 2 N–H and O–H groups in total. The molecule has 6 heteroatoms.